The number of carbonyl (C=O) groups is 1. The van der Waals surface area contributed by atoms with E-state index in [9.17, 15) is 9.18 Å². The van der Waals surface area contributed by atoms with Crippen molar-refractivity contribution in [2.24, 2.45) is 0 Å². The van der Waals surface area contributed by atoms with Crippen LogP contribution in [0, 0.1) is 12.7 Å². The molecule has 0 aliphatic carbocycles. The molecule has 0 radical (unpaired) electrons. The molecule has 0 aliphatic heterocycles. The number of carboxylic acid groups (broad SMARTS) is 1. The van der Waals surface area contributed by atoms with Gasteiger partial charge in [0, 0.05) is 11.9 Å². The van der Waals surface area contributed by atoms with Crippen LogP contribution in [0.3, 0.4) is 0 Å². The third-order valence-electron chi connectivity index (χ3n) is 2.42. The summed E-state index contributed by atoms with van der Waals surface area (Å²) >= 11 is 5.78. The molecule has 5 heteroatoms. The van der Waals surface area contributed by atoms with Crippen molar-refractivity contribution in [3.05, 3.63) is 52.6 Å². The maximum atomic E-state index is 13.0. The number of nitrogens with zero attached hydrogens (tertiary/aromatic N) is 1. The average Bonchev–Trinajstić information content (AvgIpc) is 2.60. The van der Waals surface area contributed by atoms with Crippen LogP contribution in [0.1, 0.15) is 16.1 Å². The molecule has 1 aromatic heterocycles. The van der Waals surface area contributed by atoms with E-state index < -0.39 is 5.97 Å². The summed E-state index contributed by atoms with van der Waals surface area (Å²) in [5.41, 5.74) is 1.28. The fraction of sp³-hybridized carbons (Fsp3) is 0.0833. The van der Waals surface area contributed by atoms with Crippen molar-refractivity contribution < 1.29 is 14.3 Å². The zero-order valence-corrected chi connectivity index (χ0v) is 9.70. The Morgan fingerprint density at radius 2 is 2.12 bits per heavy atom. The zero-order chi connectivity index (χ0) is 12.6. The Bertz CT molecular complexity index is 592. The van der Waals surface area contributed by atoms with Gasteiger partial charge in [0.15, 0.2) is 0 Å². The van der Waals surface area contributed by atoms with Crippen LogP contribution in [0.2, 0.25) is 5.02 Å². The molecule has 0 spiro atoms. The van der Waals surface area contributed by atoms with Gasteiger partial charge in [-0.1, -0.05) is 11.6 Å². The fourth-order valence-corrected chi connectivity index (χ4v) is 1.88. The van der Waals surface area contributed by atoms with Crippen LogP contribution in [-0.4, -0.2) is 15.6 Å². The highest BCUT2D eigenvalue weighted by molar-refractivity contribution is 6.31. The Hall–Kier alpha value is -1.81. The van der Waals surface area contributed by atoms with Crippen LogP contribution in [0.5, 0.6) is 0 Å². The minimum absolute atomic E-state index is 0.0460. The van der Waals surface area contributed by atoms with Gasteiger partial charge in [-0.05, 0) is 36.8 Å². The van der Waals surface area contributed by atoms with Crippen molar-refractivity contribution in [2.45, 2.75) is 6.92 Å². The van der Waals surface area contributed by atoms with Gasteiger partial charge < -0.3 is 9.67 Å². The Morgan fingerprint density at radius 3 is 2.71 bits per heavy atom. The van der Waals surface area contributed by atoms with E-state index in [2.05, 4.69) is 0 Å². The zero-order valence-electron chi connectivity index (χ0n) is 8.95. The maximum absolute atomic E-state index is 13.0. The summed E-state index contributed by atoms with van der Waals surface area (Å²) in [6.45, 7) is 1.71. The predicted molar refractivity (Wildman–Crippen MR) is 62.4 cm³/mol. The molecule has 88 valence electrons. The quantitative estimate of drug-likeness (QED) is 0.892. The third-order valence-corrected chi connectivity index (χ3v) is 2.63. The highest BCUT2D eigenvalue weighted by atomic mass is 35.5. The second-order valence-corrected chi connectivity index (χ2v) is 4.09. The number of aromatic carboxylic acids is 1. The molecule has 0 aliphatic rings. The van der Waals surface area contributed by atoms with Crippen molar-refractivity contribution in [3.63, 3.8) is 0 Å². The van der Waals surface area contributed by atoms with Crippen LogP contribution < -0.4 is 0 Å². The number of hydrogen-bond acceptors (Lipinski definition) is 1. The summed E-state index contributed by atoms with van der Waals surface area (Å²) in [4.78, 5) is 11.0. The summed E-state index contributed by atoms with van der Waals surface area (Å²) in [7, 11) is 0. The van der Waals surface area contributed by atoms with Gasteiger partial charge in [-0.3, -0.25) is 0 Å². The molecule has 0 atom stereocenters. The van der Waals surface area contributed by atoms with Crippen LogP contribution in [0.4, 0.5) is 4.39 Å². The first-order chi connectivity index (χ1) is 7.99. The lowest BCUT2D eigenvalue weighted by Crippen LogP contribution is -2.06. The van der Waals surface area contributed by atoms with Gasteiger partial charge in [-0.2, -0.15) is 0 Å². The van der Waals surface area contributed by atoms with E-state index in [1.54, 1.807) is 6.92 Å². The van der Waals surface area contributed by atoms with E-state index in [1.165, 1.54) is 35.0 Å². The molecule has 2 rings (SSSR count). The lowest BCUT2D eigenvalue weighted by Gasteiger charge is -2.09. The number of aryl methyl sites for hydroxylation is 1. The van der Waals surface area contributed by atoms with Gasteiger partial charge in [-0.15, -0.1) is 0 Å². The Morgan fingerprint density at radius 1 is 1.41 bits per heavy atom. The number of aromatic nitrogens is 1. The Balaban J connectivity index is 2.63. The van der Waals surface area contributed by atoms with Gasteiger partial charge in [-0.25, -0.2) is 9.18 Å². The van der Waals surface area contributed by atoms with E-state index >= 15 is 0 Å². The molecule has 17 heavy (non-hydrogen) atoms. The minimum atomic E-state index is -1.08. The molecule has 0 amide bonds. The minimum Gasteiger partial charge on any atom is -0.477 e. The molecule has 1 heterocycles. The van der Waals surface area contributed by atoms with Crippen LogP contribution >= 0.6 is 11.6 Å². The third kappa shape index (κ3) is 2.17. The van der Waals surface area contributed by atoms with Crippen LogP contribution in [-0.2, 0) is 0 Å². The monoisotopic (exact) mass is 253 g/mol. The molecule has 0 bridgehead atoms. The molecule has 1 N–H and O–H groups in total. The number of halogens is 2. The van der Waals surface area contributed by atoms with E-state index in [0.29, 0.717) is 16.3 Å². The lowest BCUT2D eigenvalue weighted by molar-refractivity contribution is 0.0688. The largest absolute Gasteiger partial charge is 0.477 e. The standard InChI is InChI=1S/C12H9ClFNO2/c1-7-4-9(14)2-3-10(7)15-6-8(13)5-11(15)12(16)17/h2-6H,1H3,(H,16,17). The second kappa shape index (κ2) is 4.22. The molecule has 0 fully saturated rings. The number of hydrogen-bond donors (Lipinski definition) is 1. The van der Waals surface area contributed by atoms with Gasteiger partial charge >= 0.3 is 5.97 Å². The predicted octanol–water partition coefficient (Wildman–Crippen LogP) is 3.28. The molecular formula is C12H9ClFNO2. The fourth-order valence-electron chi connectivity index (χ4n) is 1.68. The molecule has 1 aromatic carbocycles. The first-order valence-electron chi connectivity index (χ1n) is 4.87. The van der Waals surface area contributed by atoms with E-state index in [1.807, 2.05) is 0 Å². The van der Waals surface area contributed by atoms with E-state index in [4.69, 9.17) is 16.7 Å². The number of carboxylic acids is 1. The SMILES string of the molecule is Cc1cc(F)ccc1-n1cc(Cl)cc1C(=O)O. The molecule has 3 nitrogen and oxygen atoms in total. The molecule has 0 saturated carbocycles. The topological polar surface area (TPSA) is 42.2 Å². The second-order valence-electron chi connectivity index (χ2n) is 3.65. The summed E-state index contributed by atoms with van der Waals surface area (Å²) in [6, 6.07) is 5.50. The smallest absolute Gasteiger partial charge is 0.352 e. The van der Waals surface area contributed by atoms with Crippen molar-refractivity contribution in [1.82, 2.24) is 4.57 Å². The van der Waals surface area contributed by atoms with Crippen molar-refractivity contribution in [2.75, 3.05) is 0 Å². The normalized spacial score (nSPS) is 10.5. The average molecular weight is 254 g/mol. The highest BCUT2D eigenvalue weighted by Crippen LogP contribution is 2.22. The van der Waals surface area contributed by atoms with Gasteiger partial charge in [0.05, 0.1) is 5.02 Å². The molecule has 2 aromatic rings. The first-order valence-corrected chi connectivity index (χ1v) is 5.24. The number of benzene rings is 1. The highest BCUT2D eigenvalue weighted by Gasteiger charge is 2.14. The van der Waals surface area contributed by atoms with E-state index in [0.717, 1.165) is 0 Å². The van der Waals surface area contributed by atoms with Gasteiger partial charge in [0.2, 0.25) is 0 Å². The Kier molecular flexibility index (Phi) is 2.90. The lowest BCUT2D eigenvalue weighted by atomic mass is 10.2. The van der Waals surface area contributed by atoms with Crippen LogP contribution in [0.25, 0.3) is 5.69 Å². The van der Waals surface area contributed by atoms with E-state index in [-0.39, 0.29) is 11.5 Å². The summed E-state index contributed by atoms with van der Waals surface area (Å²) < 4.78 is 14.4. The van der Waals surface area contributed by atoms with Crippen molar-refractivity contribution in [1.29, 1.82) is 0 Å². The van der Waals surface area contributed by atoms with Gasteiger partial charge in [0.1, 0.15) is 11.5 Å². The summed E-state index contributed by atoms with van der Waals surface area (Å²) in [5, 5.41) is 9.36. The Labute approximate surface area is 102 Å². The van der Waals surface area contributed by atoms with Crippen LogP contribution in [0.15, 0.2) is 30.5 Å². The number of rotatable bonds is 2. The van der Waals surface area contributed by atoms with Gasteiger partial charge in [0.25, 0.3) is 0 Å². The summed E-state index contributed by atoms with van der Waals surface area (Å²) in [6.07, 6.45) is 1.49. The molecule has 0 unspecified atom stereocenters. The van der Waals surface area contributed by atoms with Crippen molar-refractivity contribution in [3.8, 4) is 5.69 Å². The molecular weight excluding hydrogens is 245 g/mol. The van der Waals surface area contributed by atoms with Crippen molar-refractivity contribution >= 4 is 17.6 Å². The first kappa shape index (κ1) is 11.7. The molecule has 0 saturated heterocycles. The maximum Gasteiger partial charge on any atom is 0.352 e. The summed E-state index contributed by atoms with van der Waals surface area (Å²) in [5.74, 6) is -1.44.